The van der Waals surface area contributed by atoms with E-state index in [0.29, 0.717) is 26.1 Å². The van der Waals surface area contributed by atoms with E-state index in [-0.39, 0.29) is 52.7 Å². The van der Waals surface area contributed by atoms with Crippen molar-refractivity contribution in [3.05, 3.63) is 35.8 Å². The van der Waals surface area contributed by atoms with Crippen LogP contribution in [0.2, 0.25) is 0 Å². The molecule has 33 heavy (non-hydrogen) atoms. The SMILES string of the molecule is COC(=O)C[C@@H]1[C@H]2CN(c3nc(N4CC[C@@H]4C)nc(C(F)(F)F)c3-c3cccc(F)c3)C[C@@H]12. The van der Waals surface area contributed by atoms with Gasteiger partial charge in [-0.05, 0) is 48.8 Å². The lowest BCUT2D eigenvalue weighted by atomic mass is 10.0. The summed E-state index contributed by atoms with van der Waals surface area (Å²) < 4.78 is 61.4. The zero-order chi connectivity index (χ0) is 23.5. The third-order valence-electron chi connectivity index (χ3n) is 7.14. The summed E-state index contributed by atoms with van der Waals surface area (Å²) in [4.78, 5) is 23.7. The lowest BCUT2D eigenvalue weighted by Crippen LogP contribution is -2.47. The van der Waals surface area contributed by atoms with Gasteiger partial charge in [0.2, 0.25) is 5.95 Å². The number of carbonyl (C=O) groups is 1. The van der Waals surface area contributed by atoms with Gasteiger partial charge in [-0.3, -0.25) is 4.79 Å². The molecule has 1 aromatic heterocycles. The maximum atomic E-state index is 14.2. The largest absolute Gasteiger partial charge is 0.469 e. The first-order chi connectivity index (χ1) is 15.7. The number of aromatic nitrogens is 2. The van der Waals surface area contributed by atoms with Crippen molar-refractivity contribution in [3.8, 4) is 11.1 Å². The standard InChI is InChI=1S/C23H24F4N4O2/c1-12-6-7-31(12)22-28-20(23(25,26)27)19(13-4-3-5-14(24)8-13)21(29-22)30-10-16-15(17(16)11-30)9-18(32)33-2/h3-5,8,12,15-17H,6-7,9-11H2,1-2H3/t12-,15-,16-,17+/m0/s1. The molecule has 0 unspecified atom stereocenters. The van der Waals surface area contributed by atoms with E-state index in [4.69, 9.17) is 4.74 Å². The molecule has 0 amide bonds. The highest BCUT2D eigenvalue weighted by Crippen LogP contribution is 2.55. The van der Waals surface area contributed by atoms with E-state index in [2.05, 4.69) is 9.97 Å². The van der Waals surface area contributed by atoms with Gasteiger partial charge in [-0.1, -0.05) is 12.1 Å². The van der Waals surface area contributed by atoms with Crippen molar-refractivity contribution in [2.24, 2.45) is 17.8 Å². The second kappa shape index (κ2) is 7.85. The predicted octanol–water partition coefficient (Wildman–Crippen LogP) is 4.15. The Morgan fingerprint density at radius 2 is 1.94 bits per heavy atom. The number of halogens is 4. The van der Waals surface area contributed by atoms with Crippen LogP contribution in [0.4, 0.5) is 29.3 Å². The van der Waals surface area contributed by atoms with Gasteiger partial charge in [-0.25, -0.2) is 9.37 Å². The van der Waals surface area contributed by atoms with Gasteiger partial charge in [-0.2, -0.15) is 18.2 Å². The number of fused-ring (bicyclic) bond motifs is 1. The summed E-state index contributed by atoms with van der Waals surface area (Å²) in [7, 11) is 1.34. The van der Waals surface area contributed by atoms with Gasteiger partial charge in [-0.15, -0.1) is 0 Å². The van der Waals surface area contributed by atoms with Gasteiger partial charge in [0.1, 0.15) is 11.6 Å². The van der Waals surface area contributed by atoms with Gasteiger partial charge in [0.15, 0.2) is 5.69 Å². The Labute approximate surface area is 188 Å². The summed E-state index contributed by atoms with van der Waals surface area (Å²) in [6.07, 6.45) is -3.57. The molecular weight excluding hydrogens is 440 g/mol. The number of hydrogen-bond donors (Lipinski definition) is 0. The molecule has 5 rings (SSSR count). The quantitative estimate of drug-likeness (QED) is 0.490. The first kappa shape index (κ1) is 21.9. The van der Waals surface area contributed by atoms with E-state index in [1.807, 2.05) is 11.8 Å². The molecule has 3 aliphatic rings. The molecule has 1 aromatic carbocycles. The Balaban J connectivity index is 1.57. The van der Waals surface area contributed by atoms with E-state index < -0.39 is 17.7 Å². The number of benzene rings is 1. The monoisotopic (exact) mass is 464 g/mol. The minimum Gasteiger partial charge on any atom is -0.469 e. The molecule has 4 atom stereocenters. The van der Waals surface area contributed by atoms with Crippen LogP contribution in [0, 0.1) is 23.6 Å². The molecule has 0 bridgehead atoms. The third-order valence-corrected chi connectivity index (χ3v) is 7.14. The maximum absolute atomic E-state index is 14.2. The lowest BCUT2D eigenvalue weighted by molar-refractivity contribution is -0.141. The van der Waals surface area contributed by atoms with Gasteiger partial charge < -0.3 is 14.5 Å². The molecule has 0 N–H and O–H groups in total. The van der Waals surface area contributed by atoms with Crippen LogP contribution in [0.25, 0.3) is 11.1 Å². The van der Waals surface area contributed by atoms with Gasteiger partial charge >= 0.3 is 12.1 Å². The molecule has 6 nitrogen and oxygen atoms in total. The Kier molecular flexibility index (Phi) is 5.21. The van der Waals surface area contributed by atoms with Crippen LogP contribution in [0.5, 0.6) is 0 Å². The normalized spacial score (nSPS) is 26.1. The lowest BCUT2D eigenvalue weighted by Gasteiger charge is -2.39. The highest BCUT2D eigenvalue weighted by atomic mass is 19.4. The molecule has 176 valence electrons. The topological polar surface area (TPSA) is 58.6 Å². The van der Waals surface area contributed by atoms with Crippen molar-refractivity contribution in [1.29, 1.82) is 0 Å². The predicted molar refractivity (Wildman–Crippen MR) is 113 cm³/mol. The van der Waals surface area contributed by atoms with Crippen LogP contribution in [-0.2, 0) is 15.7 Å². The maximum Gasteiger partial charge on any atom is 0.434 e. The Bertz CT molecular complexity index is 1080. The summed E-state index contributed by atoms with van der Waals surface area (Å²) >= 11 is 0. The van der Waals surface area contributed by atoms with Gasteiger partial charge in [0.05, 0.1) is 12.7 Å². The van der Waals surface area contributed by atoms with Crippen molar-refractivity contribution in [2.45, 2.75) is 32.0 Å². The molecule has 1 saturated carbocycles. The number of ether oxygens (including phenoxy) is 1. The molecule has 1 aliphatic carbocycles. The smallest absolute Gasteiger partial charge is 0.434 e. The minimum absolute atomic E-state index is 0.0444. The number of alkyl halides is 3. The average Bonchev–Trinajstić information content (AvgIpc) is 3.18. The summed E-state index contributed by atoms with van der Waals surface area (Å²) in [5, 5.41) is 0. The summed E-state index contributed by atoms with van der Waals surface area (Å²) in [5.41, 5.74) is -1.17. The summed E-state index contributed by atoms with van der Waals surface area (Å²) in [6, 6.07) is 5.16. The van der Waals surface area contributed by atoms with E-state index in [9.17, 15) is 22.4 Å². The molecule has 2 saturated heterocycles. The van der Waals surface area contributed by atoms with Crippen LogP contribution in [0.15, 0.2) is 24.3 Å². The van der Waals surface area contributed by atoms with E-state index in [1.165, 1.54) is 25.3 Å². The number of hydrogen-bond acceptors (Lipinski definition) is 6. The second-order valence-corrected chi connectivity index (χ2v) is 9.09. The van der Waals surface area contributed by atoms with Crippen LogP contribution in [0.3, 0.4) is 0 Å². The minimum atomic E-state index is -4.74. The van der Waals surface area contributed by atoms with E-state index in [1.54, 1.807) is 4.90 Å². The number of methoxy groups -OCH3 is 1. The number of rotatable bonds is 5. The highest BCUT2D eigenvalue weighted by molar-refractivity contribution is 5.80. The number of anilines is 2. The third kappa shape index (κ3) is 3.89. The van der Waals surface area contributed by atoms with Gasteiger partial charge in [0.25, 0.3) is 0 Å². The van der Waals surface area contributed by atoms with Crippen molar-refractivity contribution < 1.29 is 27.1 Å². The van der Waals surface area contributed by atoms with E-state index in [0.717, 1.165) is 12.5 Å². The van der Waals surface area contributed by atoms with Gasteiger partial charge in [0, 0.05) is 32.1 Å². The number of piperidine rings is 1. The fourth-order valence-electron chi connectivity index (χ4n) is 5.12. The average molecular weight is 464 g/mol. The molecule has 3 fully saturated rings. The fourth-order valence-corrected chi connectivity index (χ4v) is 5.12. The second-order valence-electron chi connectivity index (χ2n) is 9.09. The molecule has 2 aromatic rings. The Hall–Kier alpha value is -2.91. The molecule has 10 heteroatoms. The molecule has 2 aliphatic heterocycles. The first-order valence-electron chi connectivity index (χ1n) is 11.0. The Morgan fingerprint density at radius 3 is 2.48 bits per heavy atom. The van der Waals surface area contributed by atoms with E-state index >= 15 is 0 Å². The first-order valence-corrected chi connectivity index (χ1v) is 11.0. The van der Waals surface area contributed by atoms with Crippen molar-refractivity contribution >= 4 is 17.7 Å². The highest BCUT2D eigenvalue weighted by Gasteiger charge is 2.57. The molecule has 3 heterocycles. The molecular formula is C23H24F4N4O2. The fraction of sp³-hybridized carbons (Fsp3) is 0.522. The van der Waals surface area contributed by atoms with Crippen LogP contribution in [-0.4, -0.2) is 48.7 Å². The number of esters is 1. The Morgan fingerprint density at radius 1 is 1.21 bits per heavy atom. The van der Waals surface area contributed by atoms with Crippen LogP contribution >= 0.6 is 0 Å². The van der Waals surface area contributed by atoms with Crippen LogP contribution in [0.1, 0.15) is 25.5 Å². The molecule has 0 spiro atoms. The summed E-state index contributed by atoms with van der Waals surface area (Å²) in [5.74, 6) is -0.138. The van der Waals surface area contributed by atoms with Crippen LogP contribution < -0.4 is 9.80 Å². The van der Waals surface area contributed by atoms with Crippen molar-refractivity contribution in [2.75, 3.05) is 36.5 Å². The number of nitrogens with zero attached hydrogens (tertiary/aromatic N) is 4. The molecule has 0 radical (unpaired) electrons. The number of carbonyl (C=O) groups excluding carboxylic acids is 1. The summed E-state index contributed by atoms with van der Waals surface area (Å²) in [6.45, 7) is 3.47. The zero-order valence-corrected chi connectivity index (χ0v) is 18.3. The van der Waals surface area contributed by atoms with Crippen molar-refractivity contribution in [3.63, 3.8) is 0 Å². The van der Waals surface area contributed by atoms with Crippen molar-refractivity contribution in [1.82, 2.24) is 9.97 Å². The zero-order valence-electron chi connectivity index (χ0n) is 18.3.